The van der Waals surface area contributed by atoms with Crippen LogP contribution >= 0.6 is 11.6 Å². The first-order valence-electron chi connectivity index (χ1n) is 7.70. The van der Waals surface area contributed by atoms with Crippen LogP contribution in [0.2, 0.25) is 5.02 Å². The highest BCUT2D eigenvalue weighted by atomic mass is 35.5. The van der Waals surface area contributed by atoms with Crippen LogP contribution in [0.25, 0.3) is 0 Å². The Morgan fingerprint density at radius 2 is 1.87 bits per heavy atom. The van der Waals surface area contributed by atoms with Crippen molar-refractivity contribution in [3.63, 3.8) is 0 Å². The molecule has 2 rings (SSSR count). The topological polar surface area (TPSA) is 50.4 Å². The van der Waals surface area contributed by atoms with Crippen LogP contribution in [0.3, 0.4) is 0 Å². The van der Waals surface area contributed by atoms with Crippen molar-refractivity contribution in [3.8, 4) is 5.75 Å². The Labute approximate surface area is 141 Å². The maximum absolute atomic E-state index is 11.8. The fraction of sp³-hybridized carbons (Fsp3) is 0.278. The van der Waals surface area contributed by atoms with Crippen molar-refractivity contribution in [2.75, 3.05) is 18.5 Å². The highest BCUT2D eigenvalue weighted by Gasteiger charge is 2.02. The summed E-state index contributed by atoms with van der Waals surface area (Å²) in [5.74, 6) is 0.662. The number of amides is 2. The van der Waals surface area contributed by atoms with Gasteiger partial charge in [0.25, 0.3) is 0 Å². The van der Waals surface area contributed by atoms with Crippen molar-refractivity contribution < 1.29 is 9.53 Å². The molecule has 2 amide bonds. The summed E-state index contributed by atoms with van der Waals surface area (Å²) < 4.78 is 5.56. The first kappa shape index (κ1) is 17.2. The van der Waals surface area contributed by atoms with E-state index in [9.17, 15) is 4.79 Å². The molecule has 2 N–H and O–H groups in total. The lowest BCUT2D eigenvalue weighted by Crippen LogP contribution is -2.30. The number of nitrogens with one attached hydrogen (secondary N) is 2. The average Bonchev–Trinajstić information content (AvgIpc) is 2.57. The molecule has 0 heterocycles. The zero-order chi connectivity index (χ0) is 16.5. The highest BCUT2D eigenvalue weighted by molar-refractivity contribution is 6.32. The third kappa shape index (κ3) is 5.83. The Kier molecular flexibility index (Phi) is 6.76. The first-order valence-corrected chi connectivity index (χ1v) is 8.08. The molecule has 0 aliphatic rings. The molecule has 5 heteroatoms. The van der Waals surface area contributed by atoms with Gasteiger partial charge in [0.2, 0.25) is 0 Å². The molecule has 0 aliphatic heterocycles. The molecule has 2 aromatic carbocycles. The number of para-hydroxylation sites is 1. The third-order valence-corrected chi connectivity index (χ3v) is 3.63. The minimum atomic E-state index is -0.216. The van der Waals surface area contributed by atoms with Crippen molar-refractivity contribution >= 4 is 23.3 Å². The summed E-state index contributed by atoms with van der Waals surface area (Å²) in [5, 5.41) is 6.19. The van der Waals surface area contributed by atoms with Crippen LogP contribution in [-0.2, 0) is 6.42 Å². The van der Waals surface area contributed by atoms with Crippen LogP contribution in [0.1, 0.15) is 18.9 Å². The van der Waals surface area contributed by atoms with E-state index in [4.69, 9.17) is 16.3 Å². The lowest BCUT2D eigenvalue weighted by Gasteiger charge is -2.09. The number of carbonyl (C=O) groups excluding carboxylic acids is 1. The molecule has 0 spiro atoms. The summed E-state index contributed by atoms with van der Waals surface area (Å²) in [6.45, 7) is 3.12. The standard InChI is InChI=1S/C18H21ClN2O2/c1-2-14-8-10-15(11-9-14)21-18(22)20-12-5-13-23-17-7-4-3-6-16(17)19/h3-4,6-11H,2,5,12-13H2,1H3,(H2,20,21,22). The number of urea groups is 1. The van der Waals surface area contributed by atoms with Gasteiger partial charge in [0, 0.05) is 12.2 Å². The number of ether oxygens (including phenoxy) is 1. The van der Waals surface area contributed by atoms with E-state index in [1.807, 2.05) is 42.5 Å². The van der Waals surface area contributed by atoms with Gasteiger partial charge >= 0.3 is 6.03 Å². The van der Waals surface area contributed by atoms with Crippen LogP contribution in [0.15, 0.2) is 48.5 Å². The molecule has 0 saturated heterocycles. The Morgan fingerprint density at radius 3 is 2.57 bits per heavy atom. The van der Waals surface area contributed by atoms with E-state index < -0.39 is 0 Å². The molecule has 23 heavy (non-hydrogen) atoms. The lowest BCUT2D eigenvalue weighted by atomic mass is 10.1. The zero-order valence-electron chi connectivity index (χ0n) is 13.1. The van der Waals surface area contributed by atoms with Gasteiger partial charge in [0.15, 0.2) is 0 Å². The summed E-state index contributed by atoms with van der Waals surface area (Å²) in [5.41, 5.74) is 2.03. The Balaban J connectivity index is 1.64. The number of aryl methyl sites for hydroxylation is 1. The highest BCUT2D eigenvalue weighted by Crippen LogP contribution is 2.22. The van der Waals surface area contributed by atoms with Crippen LogP contribution < -0.4 is 15.4 Å². The number of carbonyl (C=O) groups is 1. The fourth-order valence-electron chi connectivity index (χ4n) is 2.02. The minimum absolute atomic E-state index is 0.216. The Hall–Kier alpha value is -2.20. The molecule has 0 bridgehead atoms. The summed E-state index contributed by atoms with van der Waals surface area (Å²) >= 11 is 5.99. The molecule has 0 aromatic heterocycles. The van der Waals surface area contributed by atoms with Gasteiger partial charge in [-0.1, -0.05) is 42.8 Å². The number of halogens is 1. The minimum Gasteiger partial charge on any atom is -0.492 e. The van der Waals surface area contributed by atoms with Crippen molar-refractivity contribution in [1.29, 1.82) is 0 Å². The molecule has 0 saturated carbocycles. The van der Waals surface area contributed by atoms with E-state index >= 15 is 0 Å². The fourth-order valence-corrected chi connectivity index (χ4v) is 2.21. The van der Waals surface area contributed by atoms with E-state index in [2.05, 4.69) is 17.6 Å². The van der Waals surface area contributed by atoms with E-state index in [-0.39, 0.29) is 6.03 Å². The van der Waals surface area contributed by atoms with E-state index in [1.165, 1.54) is 5.56 Å². The number of benzene rings is 2. The van der Waals surface area contributed by atoms with E-state index in [0.29, 0.717) is 30.3 Å². The Morgan fingerprint density at radius 1 is 1.13 bits per heavy atom. The van der Waals surface area contributed by atoms with Crippen molar-refractivity contribution in [2.24, 2.45) is 0 Å². The largest absolute Gasteiger partial charge is 0.492 e. The molecule has 2 aromatic rings. The van der Waals surface area contributed by atoms with Crippen molar-refractivity contribution in [3.05, 3.63) is 59.1 Å². The van der Waals surface area contributed by atoms with Gasteiger partial charge in [0.05, 0.1) is 11.6 Å². The maximum Gasteiger partial charge on any atom is 0.319 e. The zero-order valence-corrected chi connectivity index (χ0v) is 13.9. The molecule has 0 atom stereocenters. The molecule has 0 radical (unpaired) electrons. The van der Waals surface area contributed by atoms with Gasteiger partial charge in [-0.2, -0.15) is 0 Å². The number of hydrogen-bond donors (Lipinski definition) is 2. The summed E-state index contributed by atoms with van der Waals surface area (Å²) in [7, 11) is 0. The van der Waals surface area contributed by atoms with Gasteiger partial charge < -0.3 is 15.4 Å². The average molecular weight is 333 g/mol. The number of rotatable bonds is 7. The second-order valence-corrected chi connectivity index (χ2v) is 5.47. The SMILES string of the molecule is CCc1ccc(NC(=O)NCCCOc2ccccc2Cl)cc1. The predicted octanol–water partition coefficient (Wildman–Crippen LogP) is 4.49. The molecule has 4 nitrogen and oxygen atoms in total. The maximum atomic E-state index is 11.8. The van der Waals surface area contributed by atoms with Gasteiger partial charge in [-0.25, -0.2) is 4.79 Å². The smallest absolute Gasteiger partial charge is 0.319 e. The molecular weight excluding hydrogens is 312 g/mol. The summed E-state index contributed by atoms with van der Waals surface area (Å²) in [6, 6.07) is 14.9. The molecule has 0 aliphatic carbocycles. The number of hydrogen-bond acceptors (Lipinski definition) is 2. The van der Waals surface area contributed by atoms with Gasteiger partial charge in [0.1, 0.15) is 5.75 Å². The van der Waals surface area contributed by atoms with Crippen LogP contribution in [-0.4, -0.2) is 19.2 Å². The van der Waals surface area contributed by atoms with Gasteiger partial charge in [-0.3, -0.25) is 0 Å². The van der Waals surface area contributed by atoms with E-state index in [1.54, 1.807) is 6.07 Å². The molecular formula is C18H21ClN2O2. The Bertz CT molecular complexity index is 629. The first-order chi connectivity index (χ1) is 11.2. The summed E-state index contributed by atoms with van der Waals surface area (Å²) in [4.78, 5) is 11.8. The van der Waals surface area contributed by atoms with Gasteiger partial charge in [-0.05, 0) is 42.7 Å². The lowest BCUT2D eigenvalue weighted by molar-refractivity contribution is 0.250. The predicted molar refractivity (Wildman–Crippen MR) is 94.4 cm³/mol. The second kappa shape index (κ2) is 9.06. The second-order valence-electron chi connectivity index (χ2n) is 5.06. The third-order valence-electron chi connectivity index (χ3n) is 3.32. The van der Waals surface area contributed by atoms with Crippen LogP contribution in [0.4, 0.5) is 10.5 Å². The molecule has 122 valence electrons. The normalized spacial score (nSPS) is 10.2. The van der Waals surface area contributed by atoms with Gasteiger partial charge in [-0.15, -0.1) is 0 Å². The number of anilines is 1. The van der Waals surface area contributed by atoms with Crippen LogP contribution in [0.5, 0.6) is 5.75 Å². The van der Waals surface area contributed by atoms with E-state index in [0.717, 1.165) is 12.1 Å². The van der Waals surface area contributed by atoms with Crippen LogP contribution in [0, 0.1) is 0 Å². The van der Waals surface area contributed by atoms with Crippen molar-refractivity contribution in [1.82, 2.24) is 5.32 Å². The monoisotopic (exact) mass is 332 g/mol. The molecule has 0 unspecified atom stereocenters. The van der Waals surface area contributed by atoms with Crippen molar-refractivity contribution in [2.45, 2.75) is 19.8 Å². The quantitative estimate of drug-likeness (QED) is 0.734. The summed E-state index contributed by atoms with van der Waals surface area (Å²) in [6.07, 6.45) is 1.69. The molecule has 0 fully saturated rings.